The zero-order valence-corrected chi connectivity index (χ0v) is 12.9. The van der Waals surface area contributed by atoms with Crippen molar-refractivity contribution in [2.24, 2.45) is 0 Å². The van der Waals surface area contributed by atoms with E-state index in [1.54, 1.807) is 6.26 Å². The molecule has 102 valence electrons. The minimum absolute atomic E-state index is 0.0242. The van der Waals surface area contributed by atoms with Gasteiger partial charge in [-0.05, 0) is 24.6 Å². The van der Waals surface area contributed by atoms with Gasteiger partial charge < -0.3 is 4.57 Å². The van der Waals surface area contributed by atoms with Crippen molar-refractivity contribution in [3.8, 4) is 0 Å². The molecule has 0 radical (unpaired) electrons. The van der Waals surface area contributed by atoms with E-state index in [1.165, 1.54) is 0 Å². The van der Waals surface area contributed by atoms with Crippen LogP contribution in [0.3, 0.4) is 0 Å². The molecule has 4 nitrogen and oxygen atoms in total. The summed E-state index contributed by atoms with van der Waals surface area (Å²) < 4.78 is 14.1. The molecule has 1 heterocycles. The molecule has 0 spiro atoms. The molecule has 6 heteroatoms. The summed E-state index contributed by atoms with van der Waals surface area (Å²) in [5.41, 5.74) is 0.369. The molecule has 0 aliphatic heterocycles. The van der Waals surface area contributed by atoms with Crippen LogP contribution >= 0.6 is 12.2 Å². The van der Waals surface area contributed by atoms with E-state index < -0.39 is 10.8 Å². The third kappa shape index (κ3) is 3.17. The highest BCUT2D eigenvalue weighted by molar-refractivity contribution is 7.84. The highest BCUT2D eigenvalue weighted by Gasteiger charge is 2.18. The van der Waals surface area contributed by atoms with Crippen LogP contribution in [0.1, 0.15) is 45.1 Å². The molecule has 0 fully saturated rings. The van der Waals surface area contributed by atoms with Crippen molar-refractivity contribution in [2.75, 3.05) is 6.26 Å². The molecule has 1 rings (SSSR count). The van der Waals surface area contributed by atoms with Gasteiger partial charge in [-0.2, -0.15) is 0 Å². The van der Waals surface area contributed by atoms with Gasteiger partial charge >= 0.3 is 0 Å². The normalized spacial score (nSPS) is 12.9. The lowest BCUT2D eigenvalue weighted by atomic mass is 10.1. The van der Waals surface area contributed by atoms with Gasteiger partial charge in [0.2, 0.25) is 0 Å². The number of hydrogen-bond acceptors (Lipinski definition) is 3. The van der Waals surface area contributed by atoms with Crippen molar-refractivity contribution in [3.63, 3.8) is 0 Å². The number of unbranched alkanes of at least 4 members (excludes halogenated alkanes) is 1. The minimum atomic E-state index is -1.22. The summed E-state index contributed by atoms with van der Waals surface area (Å²) in [6, 6.07) is 0. The van der Waals surface area contributed by atoms with E-state index in [2.05, 4.69) is 11.9 Å². The summed E-state index contributed by atoms with van der Waals surface area (Å²) in [5, 5.41) is 0.576. The molecule has 1 aromatic rings. The number of H-pyrrole nitrogens is 1. The van der Waals surface area contributed by atoms with E-state index in [9.17, 15) is 9.00 Å². The van der Waals surface area contributed by atoms with Crippen LogP contribution in [0.2, 0.25) is 0 Å². The predicted octanol–water partition coefficient (Wildman–Crippen LogP) is 2.57. The Kier molecular flexibility index (Phi) is 5.47. The van der Waals surface area contributed by atoms with Crippen molar-refractivity contribution in [1.29, 1.82) is 0 Å². The smallest absolute Gasteiger partial charge is 0.256 e. The van der Waals surface area contributed by atoms with E-state index in [4.69, 9.17) is 12.2 Å². The molecule has 0 aliphatic rings. The Bertz CT molecular complexity index is 558. The third-order valence-electron chi connectivity index (χ3n) is 2.77. The number of nitrogens with zero attached hydrogens (tertiary/aromatic N) is 1. The van der Waals surface area contributed by atoms with Gasteiger partial charge in [0.1, 0.15) is 5.03 Å². The molecular weight excluding hydrogens is 268 g/mol. The SMILES string of the molecule is CCCCn1c(S(C)=O)c(C(C)C)c(=O)[nH]c1=S. The summed E-state index contributed by atoms with van der Waals surface area (Å²) in [4.78, 5) is 14.6. The topological polar surface area (TPSA) is 54.9 Å². The Morgan fingerprint density at radius 1 is 1.44 bits per heavy atom. The second-order valence-corrected chi connectivity index (χ2v) is 6.27. The van der Waals surface area contributed by atoms with E-state index in [0.717, 1.165) is 12.8 Å². The minimum Gasteiger partial charge on any atom is -0.311 e. The van der Waals surface area contributed by atoms with Crippen LogP contribution < -0.4 is 5.56 Å². The molecule has 0 aliphatic carbocycles. The van der Waals surface area contributed by atoms with Crippen LogP contribution in [-0.4, -0.2) is 20.0 Å². The van der Waals surface area contributed by atoms with Crippen molar-refractivity contribution in [1.82, 2.24) is 9.55 Å². The average Bonchev–Trinajstić information content (AvgIpc) is 2.26. The molecule has 1 aromatic heterocycles. The summed E-state index contributed by atoms with van der Waals surface area (Å²) in [6.45, 7) is 6.63. The maximum absolute atomic E-state index is 12.0. The Balaban J connectivity index is 3.59. The van der Waals surface area contributed by atoms with E-state index in [0.29, 0.717) is 21.9 Å². The van der Waals surface area contributed by atoms with Crippen LogP contribution in [0.25, 0.3) is 0 Å². The maximum atomic E-state index is 12.0. The summed E-state index contributed by atoms with van der Waals surface area (Å²) >= 11 is 5.18. The van der Waals surface area contributed by atoms with Gasteiger partial charge in [-0.25, -0.2) is 0 Å². The van der Waals surface area contributed by atoms with Gasteiger partial charge in [0.05, 0.1) is 16.4 Å². The quantitative estimate of drug-likeness (QED) is 0.669. The lowest BCUT2D eigenvalue weighted by Gasteiger charge is -2.17. The molecule has 0 amide bonds. The van der Waals surface area contributed by atoms with Crippen LogP contribution in [0, 0.1) is 4.77 Å². The van der Waals surface area contributed by atoms with E-state index in [1.807, 2.05) is 18.4 Å². The maximum Gasteiger partial charge on any atom is 0.256 e. The van der Waals surface area contributed by atoms with Gasteiger partial charge in [-0.3, -0.25) is 14.0 Å². The average molecular weight is 288 g/mol. The Morgan fingerprint density at radius 2 is 2.06 bits per heavy atom. The second-order valence-electron chi connectivity index (χ2n) is 4.59. The lowest BCUT2D eigenvalue weighted by Crippen LogP contribution is -2.25. The van der Waals surface area contributed by atoms with Gasteiger partial charge in [0, 0.05) is 12.8 Å². The number of hydrogen-bond donors (Lipinski definition) is 1. The lowest BCUT2D eigenvalue weighted by molar-refractivity contribution is 0.544. The molecule has 0 aromatic carbocycles. The third-order valence-corrected chi connectivity index (χ3v) is 4.08. The summed E-state index contributed by atoms with van der Waals surface area (Å²) in [6.07, 6.45) is 3.56. The van der Waals surface area contributed by atoms with Gasteiger partial charge in [-0.15, -0.1) is 0 Å². The number of rotatable bonds is 5. The first-order chi connectivity index (χ1) is 8.40. The van der Waals surface area contributed by atoms with Crippen LogP contribution in [-0.2, 0) is 17.3 Å². The van der Waals surface area contributed by atoms with Gasteiger partial charge in [-0.1, -0.05) is 27.2 Å². The standard InChI is InChI=1S/C12H20N2O2S2/c1-5-6-7-14-11(18(4)16)9(8(2)3)10(15)13-12(14)17/h8H,5-7H2,1-4H3,(H,13,15,17). The summed E-state index contributed by atoms with van der Waals surface area (Å²) in [5.74, 6) is 0.0242. The Morgan fingerprint density at radius 3 is 2.50 bits per heavy atom. The fraction of sp³-hybridized carbons (Fsp3) is 0.667. The largest absolute Gasteiger partial charge is 0.311 e. The zero-order chi connectivity index (χ0) is 13.9. The first-order valence-corrected chi connectivity index (χ1v) is 8.07. The zero-order valence-electron chi connectivity index (χ0n) is 11.3. The highest BCUT2D eigenvalue weighted by atomic mass is 32.2. The molecule has 0 saturated carbocycles. The number of aromatic amines is 1. The van der Waals surface area contributed by atoms with Gasteiger partial charge in [0.25, 0.3) is 5.56 Å². The predicted molar refractivity (Wildman–Crippen MR) is 77.2 cm³/mol. The van der Waals surface area contributed by atoms with Crippen molar-refractivity contribution < 1.29 is 4.21 Å². The van der Waals surface area contributed by atoms with Crippen LogP contribution in [0.5, 0.6) is 0 Å². The fourth-order valence-electron chi connectivity index (χ4n) is 1.91. The molecule has 1 atom stereocenters. The van der Waals surface area contributed by atoms with Gasteiger partial charge in [0.15, 0.2) is 4.77 Å². The molecular formula is C12H20N2O2S2. The molecule has 18 heavy (non-hydrogen) atoms. The molecule has 1 unspecified atom stereocenters. The monoisotopic (exact) mass is 288 g/mol. The van der Waals surface area contributed by atoms with Crippen molar-refractivity contribution in [2.45, 2.75) is 51.1 Å². The first-order valence-electron chi connectivity index (χ1n) is 6.10. The Hall–Kier alpha value is -0.750. The van der Waals surface area contributed by atoms with Crippen LogP contribution in [0.15, 0.2) is 9.82 Å². The molecule has 0 saturated heterocycles. The number of nitrogens with one attached hydrogen (secondary N) is 1. The summed E-state index contributed by atoms with van der Waals surface area (Å²) in [7, 11) is -1.22. The fourth-order valence-corrected chi connectivity index (χ4v) is 3.37. The second kappa shape index (κ2) is 6.43. The van der Waals surface area contributed by atoms with Crippen molar-refractivity contribution in [3.05, 3.63) is 20.7 Å². The van der Waals surface area contributed by atoms with Crippen molar-refractivity contribution >= 4 is 23.0 Å². The number of aromatic nitrogens is 2. The van der Waals surface area contributed by atoms with E-state index in [-0.39, 0.29) is 11.5 Å². The first kappa shape index (κ1) is 15.3. The highest BCUT2D eigenvalue weighted by Crippen LogP contribution is 2.18. The van der Waals surface area contributed by atoms with E-state index >= 15 is 0 Å². The molecule has 0 bridgehead atoms. The Labute approximate surface area is 115 Å². The van der Waals surface area contributed by atoms with Crippen LogP contribution in [0.4, 0.5) is 0 Å². The molecule has 1 N–H and O–H groups in total.